The molecule has 2 aliphatic heterocycles. The number of imide groups is 1. The smallest absolute Gasteiger partial charge is 0.262 e. The zero-order valence-electron chi connectivity index (χ0n) is 15.4. The number of likely N-dealkylation sites (tertiary alicyclic amines) is 1. The third-order valence-electron chi connectivity index (χ3n) is 4.98. The Labute approximate surface area is 166 Å². The summed E-state index contributed by atoms with van der Waals surface area (Å²) in [6, 6.07) is 6.57. The lowest BCUT2D eigenvalue weighted by molar-refractivity contribution is -0.116. The standard InChI is InChI=1S/C19H21N5O3S/c25-15(12-24-17(26)13-6-2-3-7-14(13)18(24)27)20-19-22-21-16(28-19)8-11-23-9-4-1-5-10-23/h2-3,6-7H,1,4-5,8-12H2,(H,20,22,25). The molecule has 0 radical (unpaired) electrons. The number of benzene rings is 1. The molecule has 146 valence electrons. The van der Waals surface area contributed by atoms with E-state index < -0.39 is 17.7 Å². The van der Waals surface area contributed by atoms with Crippen LogP contribution >= 0.6 is 11.3 Å². The predicted molar refractivity (Wildman–Crippen MR) is 104 cm³/mol. The Balaban J connectivity index is 1.30. The molecule has 0 saturated carbocycles. The van der Waals surface area contributed by atoms with Crippen molar-refractivity contribution in [3.05, 3.63) is 40.4 Å². The van der Waals surface area contributed by atoms with Crippen LogP contribution in [0.1, 0.15) is 45.0 Å². The molecule has 4 rings (SSSR count). The number of amides is 3. The van der Waals surface area contributed by atoms with E-state index in [1.807, 2.05) is 0 Å². The summed E-state index contributed by atoms with van der Waals surface area (Å²) >= 11 is 1.33. The van der Waals surface area contributed by atoms with Gasteiger partial charge in [0.1, 0.15) is 11.6 Å². The number of piperidine rings is 1. The summed E-state index contributed by atoms with van der Waals surface area (Å²) in [7, 11) is 0. The first-order valence-corrected chi connectivity index (χ1v) is 10.2. The molecule has 1 N–H and O–H groups in total. The summed E-state index contributed by atoms with van der Waals surface area (Å²) in [4.78, 5) is 40.3. The van der Waals surface area contributed by atoms with E-state index in [1.54, 1.807) is 24.3 Å². The molecule has 0 spiro atoms. The Hall–Kier alpha value is -2.65. The lowest BCUT2D eigenvalue weighted by Crippen LogP contribution is -2.37. The minimum absolute atomic E-state index is 0.330. The molecule has 0 aliphatic carbocycles. The van der Waals surface area contributed by atoms with Crippen molar-refractivity contribution in [2.24, 2.45) is 0 Å². The Morgan fingerprint density at radius 2 is 1.71 bits per heavy atom. The molecule has 3 heterocycles. The maximum absolute atomic E-state index is 12.3. The van der Waals surface area contributed by atoms with Crippen LogP contribution in [0.25, 0.3) is 0 Å². The van der Waals surface area contributed by atoms with Gasteiger partial charge in [0.15, 0.2) is 0 Å². The van der Waals surface area contributed by atoms with Gasteiger partial charge >= 0.3 is 0 Å². The molecule has 2 aromatic rings. The monoisotopic (exact) mass is 399 g/mol. The van der Waals surface area contributed by atoms with Crippen molar-refractivity contribution in [2.75, 3.05) is 31.5 Å². The molecule has 28 heavy (non-hydrogen) atoms. The quantitative estimate of drug-likeness (QED) is 0.744. The summed E-state index contributed by atoms with van der Waals surface area (Å²) in [5.41, 5.74) is 0.660. The van der Waals surface area contributed by atoms with E-state index in [0.717, 1.165) is 36.0 Å². The topological polar surface area (TPSA) is 95.5 Å². The molecule has 1 saturated heterocycles. The number of fused-ring (bicyclic) bond motifs is 1. The van der Waals surface area contributed by atoms with E-state index >= 15 is 0 Å². The molecule has 1 aromatic heterocycles. The molecule has 2 aliphatic rings. The van der Waals surface area contributed by atoms with Gasteiger partial charge in [0, 0.05) is 13.0 Å². The van der Waals surface area contributed by atoms with Gasteiger partial charge in [-0.15, -0.1) is 10.2 Å². The molecule has 3 amide bonds. The predicted octanol–water partition coefficient (Wildman–Crippen LogP) is 1.80. The van der Waals surface area contributed by atoms with Crippen LogP contribution in [0.2, 0.25) is 0 Å². The first-order chi connectivity index (χ1) is 13.6. The third-order valence-corrected chi connectivity index (χ3v) is 5.88. The van der Waals surface area contributed by atoms with Crippen molar-refractivity contribution in [1.29, 1.82) is 0 Å². The zero-order chi connectivity index (χ0) is 19.5. The highest BCUT2D eigenvalue weighted by molar-refractivity contribution is 7.15. The molecule has 0 atom stereocenters. The number of anilines is 1. The van der Waals surface area contributed by atoms with Crippen molar-refractivity contribution in [3.8, 4) is 0 Å². The number of hydrogen-bond acceptors (Lipinski definition) is 7. The van der Waals surface area contributed by atoms with E-state index in [-0.39, 0.29) is 6.54 Å². The average molecular weight is 399 g/mol. The normalized spacial score (nSPS) is 17.1. The third kappa shape index (κ3) is 3.95. The molecule has 9 heteroatoms. The molecule has 0 unspecified atom stereocenters. The minimum Gasteiger partial charge on any atom is -0.303 e. The average Bonchev–Trinajstić information content (AvgIpc) is 3.26. The van der Waals surface area contributed by atoms with Crippen LogP contribution in [0.4, 0.5) is 5.13 Å². The number of nitrogens with zero attached hydrogens (tertiary/aromatic N) is 4. The summed E-state index contributed by atoms with van der Waals surface area (Å²) in [6.07, 6.45) is 4.59. The fraction of sp³-hybridized carbons (Fsp3) is 0.421. The first-order valence-electron chi connectivity index (χ1n) is 9.41. The van der Waals surface area contributed by atoms with Gasteiger partial charge in [0.25, 0.3) is 11.8 Å². The van der Waals surface area contributed by atoms with E-state index in [2.05, 4.69) is 20.4 Å². The molecule has 1 fully saturated rings. The number of hydrogen-bond donors (Lipinski definition) is 1. The second kappa shape index (κ2) is 8.15. The van der Waals surface area contributed by atoms with Gasteiger partial charge in [-0.1, -0.05) is 29.9 Å². The van der Waals surface area contributed by atoms with Gasteiger partial charge in [-0.2, -0.15) is 0 Å². The number of carbonyl (C=O) groups is 3. The van der Waals surface area contributed by atoms with Crippen molar-refractivity contribution in [2.45, 2.75) is 25.7 Å². The van der Waals surface area contributed by atoms with Crippen LogP contribution < -0.4 is 5.32 Å². The Bertz CT molecular complexity index is 871. The fourth-order valence-electron chi connectivity index (χ4n) is 3.53. The van der Waals surface area contributed by atoms with Crippen LogP contribution in [0.5, 0.6) is 0 Å². The fourth-order valence-corrected chi connectivity index (χ4v) is 4.27. The van der Waals surface area contributed by atoms with Crippen molar-refractivity contribution < 1.29 is 14.4 Å². The van der Waals surface area contributed by atoms with Crippen LogP contribution in [0.3, 0.4) is 0 Å². The van der Waals surface area contributed by atoms with Crippen molar-refractivity contribution in [1.82, 2.24) is 20.0 Å². The van der Waals surface area contributed by atoms with Crippen molar-refractivity contribution in [3.63, 3.8) is 0 Å². The molecule has 0 bridgehead atoms. The molecule has 1 aromatic carbocycles. The number of rotatable bonds is 6. The maximum atomic E-state index is 12.3. The van der Waals surface area contributed by atoms with Gasteiger partial charge in [-0.25, -0.2) is 0 Å². The van der Waals surface area contributed by atoms with Crippen LogP contribution in [-0.2, 0) is 11.2 Å². The minimum atomic E-state index is -0.465. The van der Waals surface area contributed by atoms with Crippen LogP contribution in [-0.4, -0.2) is 63.9 Å². The lowest BCUT2D eigenvalue weighted by Gasteiger charge is -2.25. The van der Waals surface area contributed by atoms with E-state index in [0.29, 0.717) is 16.3 Å². The highest BCUT2D eigenvalue weighted by atomic mass is 32.1. The first kappa shape index (κ1) is 18.7. The maximum Gasteiger partial charge on any atom is 0.262 e. The highest BCUT2D eigenvalue weighted by Gasteiger charge is 2.36. The van der Waals surface area contributed by atoms with Crippen LogP contribution in [0.15, 0.2) is 24.3 Å². The Morgan fingerprint density at radius 1 is 1.04 bits per heavy atom. The van der Waals surface area contributed by atoms with Gasteiger partial charge in [0.2, 0.25) is 11.0 Å². The highest BCUT2D eigenvalue weighted by Crippen LogP contribution is 2.22. The number of carbonyl (C=O) groups excluding carboxylic acids is 3. The largest absolute Gasteiger partial charge is 0.303 e. The van der Waals surface area contributed by atoms with Gasteiger partial charge in [-0.05, 0) is 38.1 Å². The van der Waals surface area contributed by atoms with Gasteiger partial charge < -0.3 is 4.90 Å². The number of nitrogens with one attached hydrogen (secondary N) is 1. The number of aromatic nitrogens is 2. The zero-order valence-corrected chi connectivity index (χ0v) is 16.2. The van der Waals surface area contributed by atoms with E-state index in [4.69, 9.17) is 0 Å². The second-order valence-electron chi connectivity index (χ2n) is 6.94. The molecule has 8 nitrogen and oxygen atoms in total. The molecular formula is C19H21N5O3S. The lowest BCUT2D eigenvalue weighted by atomic mass is 10.1. The summed E-state index contributed by atoms with van der Waals surface area (Å²) < 4.78 is 0. The molecular weight excluding hydrogens is 378 g/mol. The van der Waals surface area contributed by atoms with Gasteiger partial charge in [0.05, 0.1) is 11.1 Å². The Kier molecular flexibility index (Phi) is 5.45. The van der Waals surface area contributed by atoms with Crippen LogP contribution in [0, 0.1) is 0 Å². The summed E-state index contributed by atoms with van der Waals surface area (Å²) in [5.74, 6) is -1.36. The van der Waals surface area contributed by atoms with Gasteiger partial charge in [-0.3, -0.25) is 24.6 Å². The van der Waals surface area contributed by atoms with E-state index in [1.165, 1.54) is 30.6 Å². The summed E-state index contributed by atoms with van der Waals surface area (Å²) in [6.45, 7) is 2.86. The Morgan fingerprint density at radius 3 is 2.39 bits per heavy atom. The van der Waals surface area contributed by atoms with E-state index in [9.17, 15) is 14.4 Å². The second-order valence-corrected chi connectivity index (χ2v) is 8.01. The SMILES string of the molecule is O=C(CN1C(=O)c2ccccc2C1=O)Nc1nnc(CCN2CCCCC2)s1. The summed E-state index contributed by atoms with van der Waals surface area (Å²) in [5, 5.41) is 12.0. The van der Waals surface area contributed by atoms with Crippen molar-refractivity contribution >= 4 is 34.2 Å².